The Hall–Kier alpha value is -0.970. The Morgan fingerprint density at radius 3 is 2.62 bits per heavy atom. The molecule has 0 heterocycles. The number of halogens is 1. The van der Waals surface area contributed by atoms with Crippen LogP contribution in [-0.2, 0) is 0 Å². The number of rotatable bonds is 5. The van der Waals surface area contributed by atoms with Crippen molar-refractivity contribution in [1.29, 1.82) is 0 Å². The number of aromatic hydroxyl groups is 1. The molecule has 0 spiro atoms. The SMILES string of the molecule is COc1ccc([C@H](N)CCCN)c(O)c1.Cl. The Balaban J connectivity index is 0.00000225. The summed E-state index contributed by atoms with van der Waals surface area (Å²) in [7, 11) is 1.56. The van der Waals surface area contributed by atoms with E-state index in [9.17, 15) is 5.11 Å². The van der Waals surface area contributed by atoms with Gasteiger partial charge in [0, 0.05) is 17.7 Å². The zero-order chi connectivity index (χ0) is 11.3. The molecule has 4 nitrogen and oxygen atoms in total. The highest BCUT2D eigenvalue weighted by Crippen LogP contribution is 2.29. The van der Waals surface area contributed by atoms with E-state index in [1.165, 1.54) is 0 Å². The Labute approximate surface area is 102 Å². The van der Waals surface area contributed by atoms with E-state index in [4.69, 9.17) is 16.2 Å². The number of hydrogen-bond acceptors (Lipinski definition) is 4. The molecule has 0 bridgehead atoms. The van der Waals surface area contributed by atoms with Gasteiger partial charge in [0.05, 0.1) is 7.11 Å². The molecule has 0 unspecified atom stereocenters. The summed E-state index contributed by atoms with van der Waals surface area (Å²) in [5.41, 5.74) is 12.1. The topological polar surface area (TPSA) is 81.5 Å². The number of methoxy groups -OCH3 is 1. The van der Waals surface area contributed by atoms with Gasteiger partial charge >= 0.3 is 0 Å². The molecule has 1 aromatic rings. The number of benzene rings is 1. The number of nitrogens with two attached hydrogens (primary N) is 2. The molecule has 92 valence electrons. The molecule has 0 aliphatic carbocycles. The Kier molecular flexibility index (Phi) is 6.88. The van der Waals surface area contributed by atoms with Crippen molar-refractivity contribution in [3.63, 3.8) is 0 Å². The van der Waals surface area contributed by atoms with Crippen LogP contribution in [0.25, 0.3) is 0 Å². The van der Waals surface area contributed by atoms with Crippen molar-refractivity contribution in [3.05, 3.63) is 23.8 Å². The molecule has 0 saturated heterocycles. The van der Waals surface area contributed by atoms with E-state index >= 15 is 0 Å². The van der Waals surface area contributed by atoms with Gasteiger partial charge < -0.3 is 21.3 Å². The van der Waals surface area contributed by atoms with E-state index < -0.39 is 0 Å². The summed E-state index contributed by atoms with van der Waals surface area (Å²) in [5.74, 6) is 0.807. The predicted octanol–water partition coefficient (Wildman–Crippen LogP) is 1.56. The lowest BCUT2D eigenvalue weighted by molar-refractivity contribution is 0.404. The van der Waals surface area contributed by atoms with Crippen LogP contribution in [0.5, 0.6) is 11.5 Å². The highest BCUT2D eigenvalue weighted by molar-refractivity contribution is 5.85. The number of phenols is 1. The number of hydrogen-bond donors (Lipinski definition) is 3. The molecular formula is C11H19ClN2O2. The van der Waals surface area contributed by atoms with Gasteiger partial charge in [0.25, 0.3) is 0 Å². The summed E-state index contributed by atoms with van der Waals surface area (Å²) in [6.45, 7) is 0.616. The smallest absolute Gasteiger partial charge is 0.124 e. The molecule has 0 radical (unpaired) electrons. The minimum absolute atomic E-state index is 0. The van der Waals surface area contributed by atoms with Crippen molar-refractivity contribution in [1.82, 2.24) is 0 Å². The average molecular weight is 247 g/mol. The third kappa shape index (κ3) is 3.89. The zero-order valence-corrected chi connectivity index (χ0v) is 10.2. The molecular weight excluding hydrogens is 228 g/mol. The van der Waals surface area contributed by atoms with E-state index in [-0.39, 0.29) is 24.2 Å². The van der Waals surface area contributed by atoms with Crippen LogP contribution in [0.3, 0.4) is 0 Å². The lowest BCUT2D eigenvalue weighted by Gasteiger charge is -2.13. The lowest BCUT2D eigenvalue weighted by atomic mass is 10.0. The highest BCUT2D eigenvalue weighted by Gasteiger charge is 2.10. The van der Waals surface area contributed by atoms with Crippen LogP contribution in [0.4, 0.5) is 0 Å². The molecule has 1 aromatic carbocycles. The van der Waals surface area contributed by atoms with Gasteiger partial charge in [-0.1, -0.05) is 6.07 Å². The van der Waals surface area contributed by atoms with Crippen LogP contribution in [0.15, 0.2) is 18.2 Å². The maximum atomic E-state index is 9.70. The van der Waals surface area contributed by atoms with Gasteiger partial charge in [0.2, 0.25) is 0 Å². The molecule has 1 rings (SSSR count). The van der Waals surface area contributed by atoms with Crippen LogP contribution in [0.1, 0.15) is 24.4 Å². The molecule has 0 aromatic heterocycles. The maximum absolute atomic E-state index is 9.70. The van der Waals surface area contributed by atoms with Crippen LogP contribution < -0.4 is 16.2 Å². The first-order chi connectivity index (χ1) is 7.19. The Morgan fingerprint density at radius 1 is 1.44 bits per heavy atom. The highest BCUT2D eigenvalue weighted by atomic mass is 35.5. The van der Waals surface area contributed by atoms with Crippen LogP contribution in [0, 0.1) is 0 Å². The number of phenolic OH excluding ortho intramolecular Hbond substituents is 1. The molecule has 16 heavy (non-hydrogen) atoms. The maximum Gasteiger partial charge on any atom is 0.124 e. The van der Waals surface area contributed by atoms with E-state index in [0.29, 0.717) is 12.3 Å². The number of ether oxygens (including phenoxy) is 1. The second-order valence-corrected chi connectivity index (χ2v) is 3.46. The Bertz CT molecular complexity index is 321. The molecule has 5 heteroatoms. The first kappa shape index (κ1) is 15.0. The van der Waals surface area contributed by atoms with Crippen molar-refractivity contribution in [2.24, 2.45) is 11.5 Å². The second kappa shape index (κ2) is 7.33. The Morgan fingerprint density at radius 2 is 2.12 bits per heavy atom. The molecule has 1 atom stereocenters. The summed E-state index contributed by atoms with van der Waals surface area (Å²) in [4.78, 5) is 0. The van der Waals surface area contributed by atoms with Gasteiger partial charge in [0.15, 0.2) is 0 Å². The minimum Gasteiger partial charge on any atom is -0.507 e. The summed E-state index contributed by atoms with van der Waals surface area (Å²) in [5, 5.41) is 9.70. The molecule has 0 aliphatic rings. The fourth-order valence-corrected chi connectivity index (χ4v) is 1.46. The van der Waals surface area contributed by atoms with Crippen molar-refractivity contribution < 1.29 is 9.84 Å². The fraction of sp³-hybridized carbons (Fsp3) is 0.455. The molecule has 0 aliphatic heterocycles. The minimum atomic E-state index is -0.167. The normalized spacial score (nSPS) is 11.7. The first-order valence-corrected chi connectivity index (χ1v) is 5.01. The van der Waals surface area contributed by atoms with E-state index in [1.54, 1.807) is 25.3 Å². The molecule has 0 amide bonds. The summed E-state index contributed by atoms with van der Waals surface area (Å²) >= 11 is 0. The van der Waals surface area contributed by atoms with E-state index in [0.717, 1.165) is 18.4 Å². The third-order valence-corrected chi connectivity index (χ3v) is 2.36. The van der Waals surface area contributed by atoms with Crippen molar-refractivity contribution in [2.75, 3.05) is 13.7 Å². The van der Waals surface area contributed by atoms with Gasteiger partial charge in [-0.2, -0.15) is 0 Å². The predicted molar refractivity (Wildman–Crippen MR) is 67.1 cm³/mol. The van der Waals surface area contributed by atoms with Crippen molar-refractivity contribution in [3.8, 4) is 11.5 Å². The zero-order valence-electron chi connectivity index (χ0n) is 9.35. The van der Waals surface area contributed by atoms with Gasteiger partial charge in [-0.3, -0.25) is 0 Å². The van der Waals surface area contributed by atoms with Gasteiger partial charge in [0.1, 0.15) is 11.5 Å². The summed E-state index contributed by atoms with van der Waals surface area (Å²) in [6, 6.07) is 4.98. The molecule has 0 saturated carbocycles. The monoisotopic (exact) mass is 246 g/mol. The quantitative estimate of drug-likeness (QED) is 0.737. The largest absolute Gasteiger partial charge is 0.507 e. The van der Waals surface area contributed by atoms with Gasteiger partial charge in [-0.15, -0.1) is 12.4 Å². The van der Waals surface area contributed by atoms with Gasteiger partial charge in [-0.05, 0) is 25.5 Å². The van der Waals surface area contributed by atoms with Crippen molar-refractivity contribution in [2.45, 2.75) is 18.9 Å². The summed E-state index contributed by atoms with van der Waals surface area (Å²) < 4.78 is 4.99. The van der Waals surface area contributed by atoms with Crippen LogP contribution in [0.2, 0.25) is 0 Å². The van der Waals surface area contributed by atoms with E-state index in [2.05, 4.69) is 0 Å². The second-order valence-electron chi connectivity index (χ2n) is 3.46. The third-order valence-electron chi connectivity index (χ3n) is 2.36. The fourth-order valence-electron chi connectivity index (χ4n) is 1.46. The van der Waals surface area contributed by atoms with Gasteiger partial charge in [-0.25, -0.2) is 0 Å². The van der Waals surface area contributed by atoms with E-state index in [1.807, 2.05) is 0 Å². The lowest BCUT2D eigenvalue weighted by Crippen LogP contribution is -2.12. The van der Waals surface area contributed by atoms with Crippen LogP contribution >= 0.6 is 12.4 Å². The molecule has 5 N–H and O–H groups in total. The summed E-state index contributed by atoms with van der Waals surface area (Å²) in [6.07, 6.45) is 1.63. The first-order valence-electron chi connectivity index (χ1n) is 5.01. The van der Waals surface area contributed by atoms with Crippen molar-refractivity contribution >= 4 is 12.4 Å². The standard InChI is InChI=1S/C11H18N2O2.ClH/c1-15-8-4-5-9(11(14)7-8)10(13)3-2-6-12;/h4-5,7,10,14H,2-3,6,12-13H2,1H3;1H/t10-;/m1./s1. The average Bonchev–Trinajstić information content (AvgIpc) is 2.25. The molecule has 0 fully saturated rings. The van der Waals surface area contributed by atoms with Crippen LogP contribution in [-0.4, -0.2) is 18.8 Å².